The van der Waals surface area contributed by atoms with Gasteiger partial charge in [0.1, 0.15) is 28.6 Å². The molecule has 3 aromatic carbocycles. The van der Waals surface area contributed by atoms with E-state index in [0.29, 0.717) is 35.0 Å². The molecule has 1 unspecified atom stereocenters. The van der Waals surface area contributed by atoms with Gasteiger partial charge < -0.3 is 24.6 Å². The summed E-state index contributed by atoms with van der Waals surface area (Å²) in [5.74, 6) is 0.437. The fourth-order valence-electron chi connectivity index (χ4n) is 3.87. The number of imide groups is 1. The highest BCUT2D eigenvalue weighted by atomic mass is 32.2. The first-order chi connectivity index (χ1) is 19.9. The van der Waals surface area contributed by atoms with Crippen LogP contribution in [0.5, 0.6) is 23.0 Å². The van der Waals surface area contributed by atoms with Crippen LogP contribution in [0, 0.1) is 0 Å². The van der Waals surface area contributed by atoms with Crippen LogP contribution in [0.25, 0.3) is 0 Å². The quantitative estimate of drug-likeness (QED) is 0.294. The van der Waals surface area contributed by atoms with Gasteiger partial charge in [-0.15, -0.1) is 0 Å². The summed E-state index contributed by atoms with van der Waals surface area (Å²) in [6.07, 6.45) is -0.246. The third-order valence-corrected chi connectivity index (χ3v) is 6.79. The first-order valence-electron chi connectivity index (χ1n) is 13.0. The van der Waals surface area contributed by atoms with Crippen LogP contribution in [0.4, 0.5) is 21.0 Å². The normalized spacial score (nSPS) is 14.6. The van der Waals surface area contributed by atoms with Gasteiger partial charge in [-0.25, -0.2) is 4.79 Å². The first-order valence-corrected chi connectivity index (χ1v) is 13.8. The number of carbonyl (C=O) groups is 4. The van der Waals surface area contributed by atoms with E-state index in [0.717, 1.165) is 17.3 Å². The molecule has 1 heterocycles. The van der Waals surface area contributed by atoms with Crippen molar-refractivity contribution >= 4 is 46.3 Å². The molecule has 220 valence electrons. The maximum absolute atomic E-state index is 12.8. The van der Waals surface area contributed by atoms with Crippen LogP contribution in [-0.4, -0.2) is 52.8 Å². The molecule has 4 amide bonds. The Morgan fingerprint density at radius 1 is 1.00 bits per heavy atom. The average molecular weight is 594 g/mol. The molecule has 0 bridgehead atoms. The number of phenolic OH excluding ortho intramolecular Hbond substituents is 1. The van der Waals surface area contributed by atoms with Crippen LogP contribution in [0.3, 0.4) is 0 Å². The zero-order chi connectivity index (χ0) is 30.4. The van der Waals surface area contributed by atoms with Gasteiger partial charge in [0, 0.05) is 19.2 Å². The molecule has 11 nitrogen and oxygen atoms in total. The fourth-order valence-corrected chi connectivity index (χ4v) is 4.73. The molecule has 0 radical (unpaired) electrons. The lowest BCUT2D eigenvalue weighted by Crippen LogP contribution is -2.34. The molecule has 1 saturated heterocycles. The summed E-state index contributed by atoms with van der Waals surface area (Å²) in [7, 11) is 1.51. The first kappa shape index (κ1) is 30.3. The largest absolute Gasteiger partial charge is 0.508 e. The molecule has 0 saturated carbocycles. The molecular weight excluding hydrogens is 562 g/mol. The molecule has 1 fully saturated rings. The Morgan fingerprint density at radius 2 is 1.69 bits per heavy atom. The molecule has 12 heteroatoms. The third kappa shape index (κ3) is 8.40. The van der Waals surface area contributed by atoms with Crippen molar-refractivity contribution in [3.05, 3.63) is 72.3 Å². The number of nitrogens with zero attached hydrogens (tertiary/aromatic N) is 1. The maximum atomic E-state index is 12.8. The van der Waals surface area contributed by atoms with Crippen molar-refractivity contribution in [1.82, 2.24) is 5.32 Å². The lowest BCUT2D eigenvalue weighted by molar-refractivity contribution is -0.119. The molecule has 0 aromatic heterocycles. The number of anilines is 2. The molecule has 1 aliphatic heterocycles. The van der Waals surface area contributed by atoms with E-state index in [4.69, 9.17) is 14.2 Å². The molecule has 0 aliphatic carbocycles. The minimum absolute atomic E-state index is 0.0360. The number of hydrogen-bond donors (Lipinski definition) is 3. The standard InChI is InChI=1S/C30H31N3O8S/c1-30(2,3)41-29(38)33(4)24-16-22(40-21-7-5-6-19(34)15-21)12-13-23(24)31-26(35)17-39-20-10-8-18(9-11-20)14-25-27(36)32-28(37)42-25/h5-13,15-16,25,34H,14,17H2,1-4H3,(H,31,35)(H,32,36,37). The average Bonchev–Trinajstić information content (AvgIpc) is 3.23. The Balaban J connectivity index is 1.43. The second kappa shape index (κ2) is 12.9. The zero-order valence-corrected chi connectivity index (χ0v) is 24.3. The summed E-state index contributed by atoms with van der Waals surface area (Å²) in [4.78, 5) is 50.1. The second-order valence-corrected chi connectivity index (χ2v) is 11.6. The lowest BCUT2D eigenvalue weighted by Gasteiger charge is -2.26. The van der Waals surface area contributed by atoms with E-state index in [9.17, 15) is 24.3 Å². The van der Waals surface area contributed by atoms with Crippen LogP contribution >= 0.6 is 11.8 Å². The zero-order valence-electron chi connectivity index (χ0n) is 23.5. The Hall–Kier alpha value is -4.71. The molecule has 1 aliphatic rings. The maximum Gasteiger partial charge on any atom is 0.414 e. The number of rotatable bonds is 9. The van der Waals surface area contributed by atoms with Crippen molar-refractivity contribution in [2.45, 2.75) is 38.0 Å². The SMILES string of the molecule is CN(C(=O)OC(C)(C)C)c1cc(Oc2cccc(O)c2)ccc1NC(=O)COc1ccc(CC2SC(=O)NC2=O)cc1. The summed E-state index contributed by atoms with van der Waals surface area (Å²) in [6.45, 7) is 4.93. The van der Waals surface area contributed by atoms with Crippen molar-refractivity contribution in [3.8, 4) is 23.0 Å². The van der Waals surface area contributed by atoms with Crippen LogP contribution in [0.1, 0.15) is 26.3 Å². The molecular formula is C30H31N3O8S. The van der Waals surface area contributed by atoms with Gasteiger partial charge in [0.2, 0.25) is 5.91 Å². The van der Waals surface area contributed by atoms with Gasteiger partial charge in [0.05, 0.1) is 16.6 Å². The Kier molecular flexibility index (Phi) is 9.26. The Labute approximate surface area is 247 Å². The highest BCUT2D eigenvalue weighted by Gasteiger charge is 2.31. The van der Waals surface area contributed by atoms with Gasteiger partial charge in [-0.2, -0.15) is 0 Å². The van der Waals surface area contributed by atoms with E-state index < -0.39 is 22.9 Å². The summed E-state index contributed by atoms with van der Waals surface area (Å²) in [5.41, 5.74) is 0.731. The molecule has 0 spiro atoms. The van der Waals surface area contributed by atoms with Crippen molar-refractivity contribution in [2.24, 2.45) is 0 Å². The minimum atomic E-state index is -0.742. The number of carbonyl (C=O) groups excluding carboxylic acids is 4. The number of ether oxygens (including phenoxy) is 3. The van der Waals surface area contributed by atoms with Crippen LogP contribution in [0.15, 0.2) is 66.7 Å². The predicted molar refractivity (Wildman–Crippen MR) is 158 cm³/mol. The van der Waals surface area contributed by atoms with Gasteiger partial charge in [-0.1, -0.05) is 30.0 Å². The monoisotopic (exact) mass is 593 g/mol. The second-order valence-electron chi connectivity index (χ2n) is 10.4. The van der Waals surface area contributed by atoms with Crippen LogP contribution in [-0.2, 0) is 20.7 Å². The lowest BCUT2D eigenvalue weighted by atomic mass is 10.1. The summed E-state index contributed by atoms with van der Waals surface area (Å²) >= 11 is 0.963. The van der Waals surface area contributed by atoms with Crippen LogP contribution in [0.2, 0.25) is 0 Å². The molecule has 42 heavy (non-hydrogen) atoms. The van der Waals surface area contributed by atoms with E-state index in [1.807, 2.05) is 0 Å². The van der Waals surface area contributed by atoms with E-state index in [1.54, 1.807) is 75.4 Å². The summed E-state index contributed by atoms with van der Waals surface area (Å²) in [6, 6.07) is 17.9. The number of benzene rings is 3. The van der Waals surface area contributed by atoms with E-state index in [1.165, 1.54) is 24.1 Å². The molecule has 3 N–H and O–H groups in total. The number of amides is 4. The van der Waals surface area contributed by atoms with Gasteiger partial charge in [-0.05, 0) is 69.2 Å². The predicted octanol–water partition coefficient (Wildman–Crippen LogP) is 5.47. The molecule has 1 atom stereocenters. The third-order valence-electron chi connectivity index (χ3n) is 5.81. The van der Waals surface area contributed by atoms with Crippen LogP contribution < -0.4 is 25.0 Å². The summed E-state index contributed by atoms with van der Waals surface area (Å²) < 4.78 is 17.0. The molecule has 4 rings (SSSR count). The van der Waals surface area contributed by atoms with Crippen molar-refractivity contribution in [2.75, 3.05) is 23.9 Å². The minimum Gasteiger partial charge on any atom is -0.508 e. The number of thioether (sulfide) groups is 1. The van der Waals surface area contributed by atoms with Crippen molar-refractivity contribution in [3.63, 3.8) is 0 Å². The smallest absolute Gasteiger partial charge is 0.414 e. The van der Waals surface area contributed by atoms with Gasteiger partial charge >= 0.3 is 6.09 Å². The van der Waals surface area contributed by atoms with Gasteiger partial charge in [0.15, 0.2) is 6.61 Å². The van der Waals surface area contributed by atoms with Crippen molar-refractivity contribution in [1.29, 1.82) is 0 Å². The summed E-state index contributed by atoms with van der Waals surface area (Å²) in [5, 5.41) is 13.9. The Morgan fingerprint density at radius 3 is 2.33 bits per heavy atom. The number of aromatic hydroxyl groups is 1. The van der Waals surface area contributed by atoms with Gasteiger partial charge in [-0.3, -0.25) is 24.6 Å². The van der Waals surface area contributed by atoms with Gasteiger partial charge in [0.25, 0.3) is 11.1 Å². The van der Waals surface area contributed by atoms with E-state index in [-0.39, 0.29) is 23.5 Å². The number of hydrogen-bond acceptors (Lipinski definition) is 9. The van der Waals surface area contributed by atoms with Crippen molar-refractivity contribution < 1.29 is 38.5 Å². The number of nitrogens with one attached hydrogen (secondary N) is 2. The van der Waals surface area contributed by atoms with E-state index in [2.05, 4.69) is 10.6 Å². The Bertz CT molecular complexity index is 1490. The highest BCUT2D eigenvalue weighted by molar-refractivity contribution is 8.15. The fraction of sp³-hybridized carbons (Fsp3) is 0.267. The topological polar surface area (TPSA) is 144 Å². The van der Waals surface area contributed by atoms with E-state index >= 15 is 0 Å². The highest BCUT2D eigenvalue weighted by Crippen LogP contribution is 2.34. The number of phenols is 1. The molecule has 3 aromatic rings.